The summed E-state index contributed by atoms with van der Waals surface area (Å²) in [7, 11) is 0. The van der Waals surface area contributed by atoms with Gasteiger partial charge < -0.3 is 10.4 Å². The first-order chi connectivity index (χ1) is 9.31. The standard InChI is InChI=1S/C15H22N2O2/c18-11-8-14(12-4-2-1-3-5-12)17-15(19)13-6-9-16-10-7-13/h6-7,9-10,12,14,18H,1-5,8,11H2,(H,17,19). The van der Waals surface area contributed by atoms with Gasteiger partial charge in [0.2, 0.25) is 0 Å². The molecule has 1 atom stereocenters. The average molecular weight is 262 g/mol. The summed E-state index contributed by atoms with van der Waals surface area (Å²) in [6, 6.07) is 3.52. The molecule has 1 amide bonds. The van der Waals surface area contributed by atoms with Crippen LogP contribution in [0.1, 0.15) is 48.9 Å². The van der Waals surface area contributed by atoms with Gasteiger partial charge in [-0.05, 0) is 37.3 Å². The molecule has 0 spiro atoms. The van der Waals surface area contributed by atoms with Gasteiger partial charge in [-0.15, -0.1) is 0 Å². The van der Waals surface area contributed by atoms with Gasteiger partial charge in [-0.3, -0.25) is 9.78 Å². The molecule has 19 heavy (non-hydrogen) atoms. The third kappa shape index (κ3) is 4.03. The lowest BCUT2D eigenvalue weighted by molar-refractivity contribution is 0.0899. The molecule has 0 aliphatic heterocycles. The SMILES string of the molecule is O=C(NC(CCO)C1CCCCC1)c1ccncc1. The van der Waals surface area contributed by atoms with Crippen molar-refractivity contribution in [1.82, 2.24) is 10.3 Å². The number of aliphatic hydroxyl groups excluding tert-OH is 1. The first-order valence-electron chi connectivity index (χ1n) is 7.13. The van der Waals surface area contributed by atoms with E-state index in [1.807, 2.05) is 0 Å². The first kappa shape index (κ1) is 14.0. The molecule has 0 bridgehead atoms. The predicted octanol–water partition coefficient (Wildman–Crippen LogP) is 2.14. The van der Waals surface area contributed by atoms with Crippen LogP contribution in [-0.2, 0) is 0 Å². The number of nitrogens with zero attached hydrogens (tertiary/aromatic N) is 1. The van der Waals surface area contributed by atoms with Gasteiger partial charge in [0.1, 0.15) is 0 Å². The number of amides is 1. The van der Waals surface area contributed by atoms with Crippen LogP contribution in [0, 0.1) is 5.92 Å². The van der Waals surface area contributed by atoms with E-state index >= 15 is 0 Å². The summed E-state index contributed by atoms with van der Waals surface area (Å²) < 4.78 is 0. The number of rotatable bonds is 5. The molecule has 104 valence electrons. The maximum Gasteiger partial charge on any atom is 0.251 e. The molecule has 1 aliphatic rings. The van der Waals surface area contributed by atoms with Crippen molar-refractivity contribution < 1.29 is 9.90 Å². The molecule has 1 saturated carbocycles. The number of carbonyl (C=O) groups is 1. The summed E-state index contributed by atoms with van der Waals surface area (Å²) in [5, 5.41) is 12.3. The van der Waals surface area contributed by atoms with Crippen molar-refractivity contribution in [3.8, 4) is 0 Å². The molecule has 1 aromatic heterocycles. The Kier molecular flexibility index (Phi) is 5.33. The minimum atomic E-state index is -0.0635. The normalized spacial score (nSPS) is 17.9. The summed E-state index contributed by atoms with van der Waals surface area (Å²) in [6.45, 7) is 0.123. The minimum absolute atomic E-state index is 0.0635. The molecule has 0 saturated heterocycles. The Morgan fingerprint density at radius 2 is 2.00 bits per heavy atom. The highest BCUT2D eigenvalue weighted by molar-refractivity contribution is 5.94. The van der Waals surface area contributed by atoms with Crippen molar-refractivity contribution in [2.45, 2.75) is 44.6 Å². The second-order valence-corrected chi connectivity index (χ2v) is 5.23. The van der Waals surface area contributed by atoms with Gasteiger partial charge in [-0.1, -0.05) is 19.3 Å². The quantitative estimate of drug-likeness (QED) is 0.854. The van der Waals surface area contributed by atoms with Crippen LogP contribution in [0.25, 0.3) is 0 Å². The Morgan fingerprint density at radius 1 is 1.32 bits per heavy atom. The van der Waals surface area contributed by atoms with Gasteiger partial charge in [0, 0.05) is 30.6 Å². The zero-order valence-electron chi connectivity index (χ0n) is 11.2. The number of aromatic nitrogens is 1. The third-order valence-electron chi connectivity index (χ3n) is 3.92. The number of hydrogen-bond acceptors (Lipinski definition) is 3. The molecule has 1 heterocycles. The molecule has 1 fully saturated rings. The van der Waals surface area contributed by atoms with E-state index < -0.39 is 0 Å². The molecule has 0 aromatic carbocycles. The van der Waals surface area contributed by atoms with Crippen molar-refractivity contribution in [3.05, 3.63) is 30.1 Å². The van der Waals surface area contributed by atoms with Crippen LogP contribution >= 0.6 is 0 Å². The largest absolute Gasteiger partial charge is 0.396 e. The molecule has 2 rings (SSSR count). The molecule has 4 nitrogen and oxygen atoms in total. The Morgan fingerprint density at radius 3 is 2.63 bits per heavy atom. The maximum absolute atomic E-state index is 12.2. The number of nitrogens with one attached hydrogen (secondary N) is 1. The fraction of sp³-hybridized carbons (Fsp3) is 0.600. The van der Waals surface area contributed by atoms with Gasteiger partial charge in [-0.2, -0.15) is 0 Å². The lowest BCUT2D eigenvalue weighted by Crippen LogP contribution is -2.41. The Bertz CT molecular complexity index is 388. The summed E-state index contributed by atoms with van der Waals surface area (Å²) in [6.07, 6.45) is 9.95. The van der Waals surface area contributed by atoms with Crippen LogP contribution in [0.15, 0.2) is 24.5 Å². The number of carbonyl (C=O) groups excluding carboxylic acids is 1. The topological polar surface area (TPSA) is 62.2 Å². The van der Waals surface area contributed by atoms with Crippen LogP contribution in [0.2, 0.25) is 0 Å². The number of hydrogen-bond donors (Lipinski definition) is 2. The molecule has 1 unspecified atom stereocenters. The average Bonchev–Trinajstić information content (AvgIpc) is 2.48. The monoisotopic (exact) mass is 262 g/mol. The molecule has 4 heteroatoms. The van der Waals surface area contributed by atoms with Crippen molar-refractivity contribution in [3.63, 3.8) is 0 Å². The Balaban J connectivity index is 1.97. The van der Waals surface area contributed by atoms with Crippen molar-refractivity contribution in [2.75, 3.05) is 6.61 Å². The van der Waals surface area contributed by atoms with Crippen LogP contribution < -0.4 is 5.32 Å². The minimum Gasteiger partial charge on any atom is -0.396 e. The summed E-state index contributed by atoms with van der Waals surface area (Å²) in [4.78, 5) is 16.1. The van der Waals surface area contributed by atoms with Gasteiger partial charge in [0.05, 0.1) is 0 Å². The lowest BCUT2D eigenvalue weighted by Gasteiger charge is -2.30. The van der Waals surface area contributed by atoms with Crippen LogP contribution in [0.3, 0.4) is 0 Å². The first-order valence-corrected chi connectivity index (χ1v) is 7.13. The summed E-state index contributed by atoms with van der Waals surface area (Å²) >= 11 is 0. The predicted molar refractivity (Wildman–Crippen MR) is 73.8 cm³/mol. The van der Waals surface area contributed by atoms with E-state index in [1.165, 1.54) is 19.3 Å². The van der Waals surface area contributed by atoms with E-state index in [1.54, 1.807) is 24.5 Å². The van der Waals surface area contributed by atoms with Crippen molar-refractivity contribution >= 4 is 5.91 Å². The van der Waals surface area contributed by atoms with Crippen LogP contribution in [0.4, 0.5) is 0 Å². The van der Waals surface area contributed by atoms with Gasteiger partial charge >= 0.3 is 0 Å². The smallest absolute Gasteiger partial charge is 0.251 e. The fourth-order valence-electron chi connectivity index (χ4n) is 2.86. The fourth-order valence-corrected chi connectivity index (χ4v) is 2.86. The van der Waals surface area contributed by atoms with E-state index in [2.05, 4.69) is 10.3 Å². The highest BCUT2D eigenvalue weighted by atomic mass is 16.3. The molecular weight excluding hydrogens is 240 g/mol. The van der Waals surface area contributed by atoms with Gasteiger partial charge in [0.25, 0.3) is 5.91 Å². The second-order valence-electron chi connectivity index (χ2n) is 5.23. The Hall–Kier alpha value is -1.42. The number of aliphatic hydroxyl groups is 1. The van der Waals surface area contributed by atoms with E-state index in [0.29, 0.717) is 17.9 Å². The zero-order valence-corrected chi connectivity index (χ0v) is 11.2. The van der Waals surface area contributed by atoms with Gasteiger partial charge in [-0.25, -0.2) is 0 Å². The molecule has 0 radical (unpaired) electrons. The Labute approximate surface area is 114 Å². The zero-order chi connectivity index (χ0) is 13.5. The molecule has 2 N–H and O–H groups in total. The van der Waals surface area contributed by atoms with E-state index in [-0.39, 0.29) is 18.6 Å². The molecule has 1 aromatic rings. The van der Waals surface area contributed by atoms with E-state index in [9.17, 15) is 9.90 Å². The van der Waals surface area contributed by atoms with Gasteiger partial charge in [0.15, 0.2) is 0 Å². The van der Waals surface area contributed by atoms with Crippen LogP contribution in [0.5, 0.6) is 0 Å². The lowest BCUT2D eigenvalue weighted by atomic mass is 9.82. The van der Waals surface area contributed by atoms with Crippen LogP contribution in [-0.4, -0.2) is 28.6 Å². The third-order valence-corrected chi connectivity index (χ3v) is 3.92. The van der Waals surface area contributed by atoms with Crippen molar-refractivity contribution in [2.24, 2.45) is 5.92 Å². The van der Waals surface area contributed by atoms with E-state index in [4.69, 9.17) is 0 Å². The highest BCUT2D eigenvalue weighted by Crippen LogP contribution is 2.27. The molecular formula is C15H22N2O2. The van der Waals surface area contributed by atoms with Crippen molar-refractivity contribution in [1.29, 1.82) is 0 Å². The summed E-state index contributed by atoms with van der Waals surface area (Å²) in [5.41, 5.74) is 0.633. The highest BCUT2D eigenvalue weighted by Gasteiger charge is 2.24. The molecule has 1 aliphatic carbocycles. The number of pyridine rings is 1. The summed E-state index contributed by atoms with van der Waals surface area (Å²) in [5.74, 6) is 0.443. The maximum atomic E-state index is 12.2. The van der Waals surface area contributed by atoms with E-state index in [0.717, 1.165) is 12.8 Å². The second kappa shape index (κ2) is 7.24.